The summed E-state index contributed by atoms with van der Waals surface area (Å²) in [6.45, 7) is 1.21. The van der Waals surface area contributed by atoms with E-state index in [1.807, 2.05) is 42.7 Å². The molecule has 3 rings (SSSR count). The number of nitrogens with zero attached hydrogens (tertiary/aromatic N) is 4. The third-order valence-electron chi connectivity index (χ3n) is 3.27. The molecule has 7 heteroatoms. The van der Waals surface area contributed by atoms with Crippen LogP contribution in [0.3, 0.4) is 0 Å². The first-order valence-electron chi connectivity index (χ1n) is 7.24. The summed E-state index contributed by atoms with van der Waals surface area (Å²) >= 11 is 3.33. The smallest absolute Gasteiger partial charge is 0.227 e. The lowest BCUT2D eigenvalue weighted by molar-refractivity contribution is -0.116. The van der Waals surface area contributed by atoms with Gasteiger partial charge in [-0.1, -0.05) is 30.3 Å². The molecule has 0 aliphatic rings. The van der Waals surface area contributed by atoms with E-state index >= 15 is 0 Å². The summed E-state index contributed by atoms with van der Waals surface area (Å²) in [5, 5.41) is 11.3. The predicted octanol–water partition coefficient (Wildman–Crippen LogP) is 2.92. The number of carbonyl (C=O) groups excluding carboxylic acids is 1. The van der Waals surface area contributed by atoms with Crippen molar-refractivity contribution in [2.45, 2.75) is 19.5 Å². The average Bonchev–Trinajstić information content (AvgIpc) is 3.15. The first-order valence-corrected chi connectivity index (χ1v) is 8.03. The molecule has 1 amide bonds. The number of nitrogens with one attached hydrogen (secondary N) is 1. The van der Waals surface area contributed by atoms with Gasteiger partial charge in [-0.3, -0.25) is 14.2 Å². The number of rotatable bonds is 6. The molecule has 23 heavy (non-hydrogen) atoms. The lowest BCUT2D eigenvalue weighted by Crippen LogP contribution is -2.15. The normalized spacial score (nSPS) is 10.7. The van der Waals surface area contributed by atoms with Crippen LogP contribution in [0.15, 0.2) is 59.5 Å². The summed E-state index contributed by atoms with van der Waals surface area (Å²) in [5.74, 6) is 0.481. The van der Waals surface area contributed by atoms with Crippen molar-refractivity contribution < 1.29 is 4.79 Å². The predicted molar refractivity (Wildman–Crippen MR) is 90.9 cm³/mol. The molecule has 2 heterocycles. The molecule has 1 aromatic carbocycles. The first-order chi connectivity index (χ1) is 11.2. The van der Waals surface area contributed by atoms with Crippen LogP contribution in [0.2, 0.25) is 0 Å². The summed E-state index contributed by atoms with van der Waals surface area (Å²) in [4.78, 5) is 11.9. The minimum atomic E-state index is -0.0819. The van der Waals surface area contributed by atoms with Crippen molar-refractivity contribution in [3.8, 4) is 0 Å². The number of aryl methyl sites for hydroxylation is 1. The Morgan fingerprint density at radius 2 is 2.00 bits per heavy atom. The van der Waals surface area contributed by atoms with E-state index in [-0.39, 0.29) is 5.91 Å². The van der Waals surface area contributed by atoms with Gasteiger partial charge in [0, 0.05) is 31.4 Å². The van der Waals surface area contributed by atoms with Gasteiger partial charge in [-0.05, 0) is 21.5 Å². The number of carbonyl (C=O) groups is 1. The molecule has 1 N–H and O–H groups in total. The second-order valence-corrected chi connectivity index (χ2v) is 6.02. The molecule has 0 bridgehead atoms. The van der Waals surface area contributed by atoms with Crippen LogP contribution >= 0.6 is 15.9 Å². The Morgan fingerprint density at radius 3 is 2.74 bits per heavy atom. The van der Waals surface area contributed by atoms with E-state index in [9.17, 15) is 4.79 Å². The highest BCUT2D eigenvalue weighted by Gasteiger charge is 2.06. The quantitative estimate of drug-likeness (QED) is 0.722. The van der Waals surface area contributed by atoms with Gasteiger partial charge in [-0.15, -0.1) is 0 Å². The SMILES string of the molecule is O=C(CCn1cc(Br)cn1)Nc1ccn(Cc2ccccc2)n1. The number of amides is 1. The zero-order valence-electron chi connectivity index (χ0n) is 12.4. The molecule has 0 saturated carbocycles. The maximum absolute atomic E-state index is 11.9. The molecular weight excluding hydrogens is 358 g/mol. The number of anilines is 1. The molecule has 6 nitrogen and oxygen atoms in total. The Balaban J connectivity index is 1.51. The van der Waals surface area contributed by atoms with Crippen LogP contribution in [0.25, 0.3) is 0 Å². The van der Waals surface area contributed by atoms with E-state index < -0.39 is 0 Å². The molecule has 0 aliphatic heterocycles. The minimum absolute atomic E-state index is 0.0819. The van der Waals surface area contributed by atoms with Gasteiger partial charge in [-0.2, -0.15) is 10.2 Å². The largest absolute Gasteiger partial charge is 0.309 e. The summed E-state index contributed by atoms with van der Waals surface area (Å²) in [6.07, 6.45) is 5.73. The van der Waals surface area contributed by atoms with Crippen molar-refractivity contribution in [1.82, 2.24) is 19.6 Å². The van der Waals surface area contributed by atoms with E-state index in [1.165, 1.54) is 0 Å². The first kappa shape index (κ1) is 15.5. The third kappa shape index (κ3) is 4.53. The number of aromatic nitrogens is 4. The van der Waals surface area contributed by atoms with Crippen LogP contribution in [-0.4, -0.2) is 25.5 Å². The highest BCUT2D eigenvalue weighted by Crippen LogP contribution is 2.08. The fourth-order valence-electron chi connectivity index (χ4n) is 2.17. The van der Waals surface area contributed by atoms with Crippen LogP contribution in [0.4, 0.5) is 5.82 Å². The molecule has 0 radical (unpaired) electrons. The minimum Gasteiger partial charge on any atom is -0.309 e. The Bertz CT molecular complexity index is 781. The number of benzene rings is 1. The molecule has 3 aromatic rings. The number of hydrogen-bond acceptors (Lipinski definition) is 3. The lowest BCUT2D eigenvalue weighted by Gasteiger charge is -2.03. The molecule has 0 spiro atoms. The summed E-state index contributed by atoms with van der Waals surface area (Å²) in [5.41, 5.74) is 1.16. The fourth-order valence-corrected chi connectivity index (χ4v) is 2.50. The van der Waals surface area contributed by atoms with Crippen molar-refractivity contribution in [3.63, 3.8) is 0 Å². The summed E-state index contributed by atoms with van der Waals surface area (Å²) in [6, 6.07) is 11.9. The van der Waals surface area contributed by atoms with Gasteiger partial charge >= 0.3 is 0 Å². The monoisotopic (exact) mass is 373 g/mol. The molecule has 2 aromatic heterocycles. The van der Waals surface area contributed by atoms with Crippen molar-refractivity contribution in [1.29, 1.82) is 0 Å². The van der Waals surface area contributed by atoms with E-state index in [0.717, 1.165) is 10.0 Å². The van der Waals surface area contributed by atoms with Crippen LogP contribution in [0.1, 0.15) is 12.0 Å². The molecule has 118 valence electrons. The van der Waals surface area contributed by atoms with Crippen molar-refractivity contribution in [2.75, 3.05) is 5.32 Å². The Labute approximate surface area is 142 Å². The third-order valence-corrected chi connectivity index (χ3v) is 3.67. The molecule has 0 aliphatic carbocycles. The van der Waals surface area contributed by atoms with Crippen molar-refractivity contribution in [2.24, 2.45) is 0 Å². The second kappa shape index (κ2) is 7.23. The van der Waals surface area contributed by atoms with Gasteiger partial charge in [0.25, 0.3) is 0 Å². The van der Waals surface area contributed by atoms with Gasteiger partial charge in [0.05, 0.1) is 17.2 Å². The Morgan fingerprint density at radius 1 is 1.17 bits per heavy atom. The van der Waals surface area contributed by atoms with E-state index in [4.69, 9.17) is 0 Å². The molecule has 0 unspecified atom stereocenters. The van der Waals surface area contributed by atoms with Crippen LogP contribution in [-0.2, 0) is 17.9 Å². The second-order valence-electron chi connectivity index (χ2n) is 5.10. The van der Waals surface area contributed by atoms with Crippen molar-refractivity contribution >= 4 is 27.7 Å². The molecule has 0 fully saturated rings. The zero-order valence-corrected chi connectivity index (χ0v) is 14.0. The molecule has 0 saturated heterocycles. The Hall–Kier alpha value is -2.41. The van der Waals surface area contributed by atoms with Gasteiger partial charge < -0.3 is 5.32 Å². The lowest BCUT2D eigenvalue weighted by atomic mass is 10.2. The highest BCUT2D eigenvalue weighted by atomic mass is 79.9. The summed E-state index contributed by atoms with van der Waals surface area (Å²) < 4.78 is 4.42. The van der Waals surface area contributed by atoms with E-state index in [1.54, 1.807) is 21.6 Å². The summed E-state index contributed by atoms with van der Waals surface area (Å²) in [7, 11) is 0. The highest BCUT2D eigenvalue weighted by molar-refractivity contribution is 9.10. The maximum Gasteiger partial charge on any atom is 0.227 e. The maximum atomic E-state index is 11.9. The van der Waals surface area contributed by atoms with Gasteiger partial charge in [-0.25, -0.2) is 0 Å². The molecule has 0 atom stereocenters. The fraction of sp³-hybridized carbons (Fsp3) is 0.188. The average molecular weight is 374 g/mol. The van der Waals surface area contributed by atoms with Crippen molar-refractivity contribution in [3.05, 3.63) is 65.0 Å². The Kier molecular flexibility index (Phi) is 4.87. The van der Waals surface area contributed by atoms with Crippen LogP contribution in [0.5, 0.6) is 0 Å². The zero-order chi connectivity index (χ0) is 16.1. The topological polar surface area (TPSA) is 64.7 Å². The number of halogens is 1. The van der Waals surface area contributed by atoms with Crippen LogP contribution in [0, 0.1) is 0 Å². The van der Waals surface area contributed by atoms with E-state index in [0.29, 0.717) is 25.3 Å². The standard InChI is InChI=1S/C16H16BrN5O/c17-14-10-18-21(12-14)9-7-16(23)19-15-6-8-22(20-15)11-13-4-2-1-3-5-13/h1-6,8,10,12H,7,9,11H2,(H,19,20,23). The van der Waals surface area contributed by atoms with Gasteiger partial charge in [0.15, 0.2) is 5.82 Å². The number of hydrogen-bond donors (Lipinski definition) is 1. The van der Waals surface area contributed by atoms with E-state index in [2.05, 4.69) is 31.4 Å². The van der Waals surface area contributed by atoms with Gasteiger partial charge in [0.2, 0.25) is 5.91 Å². The van der Waals surface area contributed by atoms with Gasteiger partial charge in [0.1, 0.15) is 0 Å². The van der Waals surface area contributed by atoms with Crippen LogP contribution < -0.4 is 5.32 Å². The molecular formula is C16H16BrN5O.